The lowest BCUT2D eigenvalue weighted by Gasteiger charge is -2.25. The molecule has 1 atom stereocenters. The fourth-order valence-corrected chi connectivity index (χ4v) is 2.36. The first kappa shape index (κ1) is 17.0. The van der Waals surface area contributed by atoms with Crippen LogP contribution in [-0.2, 0) is 4.79 Å². The molecule has 4 nitrogen and oxygen atoms in total. The summed E-state index contributed by atoms with van der Waals surface area (Å²) in [7, 11) is 0. The topological polar surface area (TPSA) is 78.3 Å². The van der Waals surface area contributed by atoms with Gasteiger partial charge in [-0.15, -0.1) is 0 Å². The highest BCUT2D eigenvalue weighted by Crippen LogP contribution is 2.32. The van der Waals surface area contributed by atoms with Gasteiger partial charge in [0.1, 0.15) is 5.75 Å². The Bertz CT molecular complexity index is 475. The maximum atomic E-state index is 11.4. The number of ether oxygens (including phenoxy) is 1. The van der Waals surface area contributed by atoms with E-state index in [1.165, 1.54) is 0 Å². The minimum atomic E-state index is -0.622. The molecule has 1 unspecified atom stereocenters. The van der Waals surface area contributed by atoms with Crippen LogP contribution < -0.4 is 16.2 Å². The SMILES string of the molecule is CCCOc1ccc(C(N)CC(C)(C)C(N)=O)cc1Br. The van der Waals surface area contributed by atoms with Gasteiger partial charge in [-0.05, 0) is 46.5 Å². The number of amides is 1. The second-order valence-corrected chi connectivity index (χ2v) is 6.45. The fourth-order valence-electron chi connectivity index (χ4n) is 1.85. The number of benzene rings is 1. The number of halogens is 1. The molecule has 20 heavy (non-hydrogen) atoms. The summed E-state index contributed by atoms with van der Waals surface area (Å²) in [6.45, 7) is 6.36. The van der Waals surface area contributed by atoms with Crippen molar-refractivity contribution in [3.63, 3.8) is 0 Å². The Morgan fingerprint density at radius 3 is 2.60 bits per heavy atom. The van der Waals surface area contributed by atoms with Crippen LogP contribution in [0.15, 0.2) is 22.7 Å². The van der Waals surface area contributed by atoms with Crippen molar-refractivity contribution in [1.82, 2.24) is 0 Å². The lowest BCUT2D eigenvalue weighted by atomic mass is 9.83. The fraction of sp³-hybridized carbons (Fsp3) is 0.533. The molecular weight excluding hydrogens is 320 g/mol. The average Bonchev–Trinajstić information content (AvgIpc) is 2.36. The van der Waals surface area contributed by atoms with Crippen LogP contribution in [0.1, 0.15) is 45.2 Å². The van der Waals surface area contributed by atoms with Crippen LogP contribution >= 0.6 is 15.9 Å². The van der Waals surface area contributed by atoms with Gasteiger partial charge in [0.25, 0.3) is 0 Å². The Labute approximate surface area is 129 Å². The summed E-state index contributed by atoms with van der Waals surface area (Å²) in [5, 5.41) is 0. The van der Waals surface area contributed by atoms with Gasteiger partial charge >= 0.3 is 0 Å². The van der Waals surface area contributed by atoms with Gasteiger partial charge in [0.2, 0.25) is 5.91 Å². The van der Waals surface area contributed by atoms with Crippen molar-refractivity contribution >= 4 is 21.8 Å². The Morgan fingerprint density at radius 1 is 1.45 bits per heavy atom. The maximum absolute atomic E-state index is 11.4. The van der Waals surface area contributed by atoms with E-state index in [9.17, 15) is 4.79 Å². The smallest absolute Gasteiger partial charge is 0.223 e. The Hall–Kier alpha value is -1.07. The number of carbonyl (C=O) groups is 1. The number of nitrogens with two attached hydrogens (primary N) is 2. The van der Waals surface area contributed by atoms with E-state index in [1.54, 1.807) is 0 Å². The molecule has 0 aliphatic rings. The molecule has 0 saturated carbocycles. The highest BCUT2D eigenvalue weighted by atomic mass is 79.9. The zero-order valence-electron chi connectivity index (χ0n) is 12.3. The zero-order chi connectivity index (χ0) is 15.3. The molecule has 4 N–H and O–H groups in total. The predicted molar refractivity (Wildman–Crippen MR) is 84.4 cm³/mol. The molecule has 0 spiro atoms. The second kappa shape index (κ2) is 7.09. The van der Waals surface area contributed by atoms with E-state index in [-0.39, 0.29) is 11.9 Å². The zero-order valence-corrected chi connectivity index (χ0v) is 13.9. The number of primary amides is 1. The van der Waals surface area contributed by atoms with E-state index in [1.807, 2.05) is 32.0 Å². The first-order chi connectivity index (χ1) is 9.27. The normalized spacial score (nSPS) is 13.1. The third-order valence-electron chi connectivity index (χ3n) is 3.24. The van der Waals surface area contributed by atoms with Crippen molar-refractivity contribution in [1.29, 1.82) is 0 Å². The van der Waals surface area contributed by atoms with Crippen molar-refractivity contribution in [2.24, 2.45) is 16.9 Å². The van der Waals surface area contributed by atoms with Crippen LogP contribution in [-0.4, -0.2) is 12.5 Å². The van der Waals surface area contributed by atoms with Crippen molar-refractivity contribution in [2.45, 2.75) is 39.7 Å². The Kier molecular flexibility index (Phi) is 6.02. The Balaban J connectivity index is 2.82. The van der Waals surface area contributed by atoms with Crippen LogP contribution in [0.3, 0.4) is 0 Å². The van der Waals surface area contributed by atoms with Crippen LogP contribution in [0, 0.1) is 5.41 Å². The van der Waals surface area contributed by atoms with Crippen molar-refractivity contribution < 1.29 is 9.53 Å². The van der Waals surface area contributed by atoms with Gasteiger partial charge in [-0.3, -0.25) is 4.79 Å². The van der Waals surface area contributed by atoms with Crippen molar-refractivity contribution in [2.75, 3.05) is 6.61 Å². The van der Waals surface area contributed by atoms with E-state index in [2.05, 4.69) is 22.9 Å². The second-order valence-electron chi connectivity index (χ2n) is 5.60. The molecule has 0 fully saturated rings. The molecule has 1 aromatic rings. The molecule has 0 aromatic heterocycles. The molecular formula is C15H23BrN2O2. The minimum Gasteiger partial charge on any atom is -0.492 e. The summed E-state index contributed by atoms with van der Waals surface area (Å²) < 4.78 is 6.47. The largest absolute Gasteiger partial charge is 0.492 e. The van der Waals surface area contributed by atoms with Crippen LogP contribution in [0.2, 0.25) is 0 Å². The molecule has 0 aliphatic carbocycles. The molecule has 0 heterocycles. The van der Waals surface area contributed by atoms with Crippen molar-refractivity contribution in [3.05, 3.63) is 28.2 Å². The van der Waals surface area contributed by atoms with E-state index in [0.717, 1.165) is 22.2 Å². The van der Waals surface area contributed by atoms with Gasteiger partial charge in [0.15, 0.2) is 0 Å². The quantitative estimate of drug-likeness (QED) is 0.798. The van der Waals surface area contributed by atoms with E-state index < -0.39 is 5.41 Å². The first-order valence-electron chi connectivity index (χ1n) is 6.75. The molecule has 1 amide bonds. The van der Waals surface area contributed by atoms with Crippen LogP contribution in [0.5, 0.6) is 5.75 Å². The molecule has 1 aromatic carbocycles. The summed E-state index contributed by atoms with van der Waals surface area (Å²) in [5.41, 5.74) is 11.9. The van der Waals surface area contributed by atoms with E-state index >= 15 is 0 Å². The lowest BCUT2D eigenvalue weighted by Crippen LogP contribution is -2.34. The highest BCUT2D eigenvalue weighted by Gasteiger charge is 2.28. The van der Waals surface area contributed by atoms with Crippen LogP contribution in [0.25, 0.3) is 0 Å². The summed E-state index contributed by atoms with van der Waals surface area (Å²) in [4.78, 5) is 11.4. The minimum absolute atomic E-state index is 0.242. The standard InChI is InChI=1S/C15H23BrN2O2/c1-4-7-20-13-6-5-10(8-11(13)16)12(17)9-15(2,3)14(18)19/h5-6,8,12H,4,7,9,17H2,1-3H3,(H2,18,19). The van der Waals surface area contributed by atoms with Gasteiger partial charge in [0, 0.05) is 11.5 Å². The molecule has 112 valence electrons. The van der Waals surface area contributed by atoms with Crippen molar-refractivity contribution in [3.8, 4) is 5.75 Å². The van der Waals surface area contributed by atoms with Gasteiger partial charge in [-0.25, -0.2) is 0 Å². The van der Waals surface area contributed by atoms with Gasteiger partial charge in [-0.1, -0.05) is 26.8 Å². The molecule has 1 rings (SSSR count). The van der Waals surface area contributed by atoms with Crippen LogP contribution in [0.4, 0.5) is 0 Å². The monoisotopic (exact) mass is 342 g/mol. The van der Waals surface area contributed by atoms with Gasteiger partial charge in [-0.2, -0.15) is 0 Å². The summed E-state index contributed by atoms with van der Waals surface area (Å²) in [6, 6.07) is 5.52. The highest BCUT2D eigenvalue weighted by molar-refractivity contribution is 9.10. The van der Waals surface area contributed by atoms with E-state index in [4.69, 9.17) is 16.2 Å². The Morgan fingerprint density at radius 2 is 2.10 bits per heavy atom. The molecule has 0 radical (unpaired) electrons. The summed E-state index contributed by atoms with van der Waals surface area (Å²) >= 11 is 3.48. The summed E-state index contributed by atoms with van der Waals surface area (Å²) in [5.74, 6) is 0.465. The lowest BCUT2D eigenvalue weighted by molar-refractivity contribution is -0.126. The molecule has 0 bridgehead atoms. The number of hydrogen-bond acceptors (Lipinski definition) is 3. The first-order valence-corrected chi connectivity index (χ1v) is 7.55. The average molecular weight is 343 g/mol. The molecule has 0 aliphatic heterocycles. The summed E-state index contributed by atoms with van der Waals surface area (Å²) in [6.07, 6.45) is 1.46. The van der Waals surface area contributed by atoms with Gasteiger partial charge in [0.05, 0.1) is 11.1 Å². The number of hydrogen-bond donors (Lipinski definition) is 2. The number of carbonyl (C=O) groups excluding carboxylic acids is 1. The number of rotatable bonds is 7. The van der Waals surface area contributed by atoms with E-state index in [0.29, 0.717) is 13.0 Å². The third kappa shape index (κ3) is 4.49. The molecule has 5 heteroatoms. The third-order valence-corrected chi connectivity index (χ3v) is 3.86. The molecule has 0 saturated heterocycles. The predicted octanol–water partition coefficient (Wildman–Crippen LogP) is 3.14. The van der Waals surface area contributed by atoms with Gasteiger partial charge < -0.3 is 16.2 Å². The maximum Gasteiger partial charge on any atom is 0.223 e.